The number of aliphatic hydroxyl groups excluding tert-OH is 1. The quantitative estimate of drug-likeness (QED) is 0.367. The zero-order valence-corrected chi connectivity index (χ0v) is 18.1. The molecule has 1 N–H and O–H groups in total. The number of hydrogen-bond acceptors (Lipinski definition) is 4. The predicted octanol–water partition coefficient (Wildman–Crippen LogP) is 5.35. The third-order valence-corrected chi connectivity index (χ3v) is 5.21. The molecular weight excluding hydrogens is 402 g/mol. The summed E-state index contributed by atoms with van der Waals surface area (Å²) < 4.78 is 5.70. The van der Waals surface area contributed by atoms with Gasteiger partial charge in [-0.05, 0) is 50.1 Å². The fourth-order valence-corrected chi connectivity index (χ4v) is 3.70. The molecule has 1 aliphatic rings. The SMILES string of the molecule is CCCCN1C(=O)C(=O)/C(=C(\O)c2cccc(OC(C)C)c2)C1c1ccc(Cl)cc1. The van der Waals surface area contributed by atoms with E-state index in [0.29, 0.717) is 22.9 Å². The van der Waals surface area contributed by atoms with Crippen molar-refractivity contribution in [1.82, 2.24) is 4.90 Å². The monoisotopic (exact) mass is 427 g/mol. The molecular formula is C24H26ClNO4. The Morgan fingerprint density at radius 1 is 1.17 bits per heavy atom. The number of Topliss-reactive ketones (excluding diaryl/α,β-unsaturated/α-hetero) is 1. The molecule has 1 aliphatic heterocycles. The summed E-state index contributed by atoms with van der Waals surface area (Å²) in [6, 6.07) is 13.2. The minimum atomic E-state index is -0.682. The van der Waals surface area contributed by atoms with Gasteiger partial charge in [-0.1, -0.05) is 49.2 Å². The van der Waals surface area contributed by atoms with Crippen molar-refractivity contribution in [3.05, 3.63) is 70.3 Å². The number of aliphatic hydroxyl groups is 1. The third-order valence-electron chi connectivity index (χ3n) is 4.96. The van der Waals surface area contributed by atoms with E-state index in [2.05, 4.69) is 0 Å². The van der Waals surface area contributed by atoms with Crippen LogP contribution in [0.1, 0.15) is 50.8 Å². The van der Waals surface area contributed by atoms with Gasteiger partial charge in [0.05, 0.1) is 17.7 Å². The lowest BCUT2D eigenvalue weighted by Gasteiger charge is -2.25. The van der Waals surface area contributed by atoms with Gasteiger partial charge in [0, 0.05) is 17.1 Å². The van der Waals surface area contributed by atoms with Crippen molar-refractivity contribution >= 4 is 29.1 Å². The molecule has 2 aromatic rings. The average molecular weight is 428 g/mol. The maximum atomic E-state index is 12.9. The van der Waals surface area contributed by atoms with E-state index in [1.807, 2.05) is 20.8 Å². The van der Waals surface area contributed by atoms with Crippen LogP contribution >= 0.6 is 11.6 Å². The van der Waals surface area contributed by atoms with Crippen LogP contribution in [0.15, 0.2) is 54.1 Å². The lowest BCUT2D eigenvalue weighted by Crippen LogP contribution is -2.30. The zero-order chi connectivity index (χ0) is 21.8. The van der Waals surface area contributed by atoms with Crippen molar-refractivity contribution in [2.75, 3.05) is 6.54 Å². The number of halogens is 1. The molecule has 1 amide bonds. The number of carbonyl (C=O) groups is 2. The largest absolute Gasteiger partial charge is 0.507 e. The lowest BCUT2D eigenvalue weighted by molar-refractivity contribution is -0.139. The molecule has 3 rings (SSSR count). The molecule has 0 radical (unpaired) electrons. The molecule has 1 atom stereocenters. The number of ketones is 1. The van der Waals surface area contributed by atoms with Gasteiger partial charge in [-0.2, -0.15) is 0 Å². The summed E-state index contributed by atoms with van der Waals surface area (Å²) in [5, 5.41) is 11.7. The first kappa shape index (κ1) is 21.9. The van der Waals surface area contributed by atoms with Crippen molar-refractivity contribution in [1.29, 1.82) is 0 Å². The fourth-order valence-electron chi connectivity index (χ4n) is 3.58. The van der Waals surface area contributed by atoms with Gasteiger partial charge < -0.3 is 14.7 Å². The van der Waals surface area contributed by atoms with Crippen LogP contribution < -0.4 is 4.74 Å². The van der Waals surface area contributed by atoms with Crippen LogP contribution in [0.5, 0.6) is 5.75 Å². The summed E-state index contributed by atoms with van der Waals surface area (Å²) >= 11 is 6.03. The standard InChI is InChI=1S/C24H26ClNO4/c1-4-5-13-26-21(16-9-11-18(25)12-10-16)20(23(28)24(26)29)22(27)17-7-6-8-19(14-17)30-15(2)3/h6-12,14-15,21,27H,4-5,13H2,1-3H3/b22-20-. The molecule has 158 valence electrons. The first-order valence-electron chi connectivity index (χ1n) is 10.1. The molecule has 2 aromatic carbocycles. The summed E-state index contributed by atoms with van der Waals surface area (Å²) in [6.45, 7) is 6.27. The number of rotatable bonds is 7. The molecule has 5 nitrogen and oxygen atoms in total. The maximum absolute atomic E-state index is 12.9. The predicted molar refractivity (Wildman–Crippen MR) is 118 cm³/mol. The zero-order valence-electron chi connectivity index (χ0n) is 17.4. The Labute approximate surface area is 181 Å². The fraction of sp³-hybridized carbons (Fsp3) is 0.333. The molecule has 6 heteroatoms. The van der Waals surface area contributed by atoms with E-state index in [4.69, 9.17) is 16.3 Å². The number of likely N-dealkylation sites (tertiary alicyclic amines) is 1. The minimum absolute atomic E-state index is 0.0314. The topological polar surface area (TPSA) is 66.8 Å². The van der Waals surface area contributed by atoms with Crippen LogP contribution in [0.3, 0.4) is 0 Å². The number of carbonyl (C=O) groups excluding carboxylic acids is 2. The van der Waals surface area contributed by atoms with Crippen molar-refractivity contribution in [2.45, 2.75) is 45.8 Å². The Bertz CT molecular complexity index is 965. The molecule has 1 heterocycles. The van der Waals surface area contributed by atoms with E-state index in [0.717, 1.165) is 18.4 Å². The highest BCUT2D eigenvalue weighted by Gasteiger charge is 2.45. The number of unbranched alkanes of at least 4 members (excludes halogenated alkanes) is 1. The van der Waals surface area contributed by atoms with Gasteiger partial charge in [0.15, 0.2) is 0 Å². The molecule has 0 aromatic heterocycles. The number of ether oxygens (including phenoxy) is 1. The van der Waals surface area contributed by atoms with Crippen LogP contribution in [0.4, 0.5) is 0 Å². The summed E-state index contributed by atoms with van der Waals surface area (Å²) in [6.07, 6.45) is 1.61. The van der Waals surface area contributed by atoms with Gasteiger partial charge in [-0.15, -0.1) is 0 Å². The highest BCUT2D eigenvalue weighted by Crippen LogP contribution is 2.40. The summed E-state index contributed by atoms with van der Waals surface area (Å²) in [7, 11) is 0. The third kappa shape index (κ3) is 4.51. The Balaban J connectivity index is 2.12. The number of amides is 1. The van der Waals surface area contributed by atoms with Gasteiger partial charge >= 0.3 is 0 Å². The Morgan fingerprint density at radius 3 is 2.50 bits per heavy atom. The van der Waals surface area contributed by atoms with Crippen LogP contribution in [0, 0.1) is 0 Å². The van der Waals surface area contributed by atoms with E-state index in [9.17, 15) is 14.7 Å². The number of benzene rings is 2. The van der Waals surface area contributed by atoms with Gasteiger partial charge in [-0.3, -0.25) is 9.59 Å². The van der Waals surface area contributed by atoms with Crippen molar-refractivity contribution in [3.8, 4) is 5.75 Å². The van der Waals surface area contributed by atoms with Crippen molar-refractivity contribution in [2.24, 2.45) is 0 Å². The molecule has 1 fully saturated rings. The first-order chi connectivity index (χ1) is 14.3. The van der Waals surface area contributed by atoms with Crippen LogP contribution in [-0.4, -0.2) is 34.3 Å². The Kier molecular flexibility index (Phi) is 6.83. The van der Waals surface area contributed by atoms with E-state index in [1.165, 1.54) is 4.90 Å². The van der Waals surface area contributed by atoms with Gasteiger partial charge in [0.25, 0.3) is 11.7 Å². The minimum Gasteiger partial charge on any atom is -0.507 e. The van der Waals surface area contributed by atoms with Gasteiger partial charge in [0.2, 0.25) is 0 Å². The van der Waals surface area contributed by atoms with Crippen molar-refractivity contribution < 1.29 is 19.4 Å². The maximum Gasteiger partial charge on any atom is 0.295 e. The number of hydrogen-bond donors (Lipinski definition) is 1. The van der Waals surface area contributed by atoms with Crippen LogP contribution in [-0.2, 0) is 9.59 Å². The molecule has 0 bridgehead atoms. The summed E-state index contributed by atoms with van der Waals surface area (Å²) in [4.78, 5) is 27.3. The van der Waals surface area contributed by atoms with E-state index >= 15 is 0 Å². The highest BCUT2D eigenvalue weighted by molar-refractivity contribution is 6.46. The molecule has 1 unspecified atom stereocenters. The van der Waals surface area contributed by atoms with Crippen LogP contribution in [0.2, 0.25) is 5.02 Å². The Morgan fingerprint density at radius 2 is 1.87 bits per heavy atom. The number of nitrogens with zero attached hydrogens (tertiary/aromatic N) is 1. The smallest absolute Gasteiger partial charge is 0.295 e. The van der Waals surface area contributed by atoms with E-state index in [1.54, 1.807) is 48.5 Å². The summed E-state index contributed by atoms with van der Waals surface area (Å²) in [5.74, 6) is -0.905. The second kappa shape index (κ2) is 9.35. The van der Waals surface area contributed by atoms with E-state index < -0.39 is 17.7 Å². The lowest BCUT2D eigenvalue weighted by atomic mass is 9.95. The van der Waals surface area contributed by atoms with Gasteiger partial charge in [-0.25, -0.2) is 0 Å². The van der Waals surface area contributed by atoms with Crippen LogP contribution in [0.25, 0.3) is 5.76 Å². The second-order valence-corrected chi connectivity index (χ2v) is 8.03. The van der Waals surface area contributed by atoms with Crippen molar-refractivity contribution in [3.63, 3.8) is 0 Å². The normalized spacial score (nSPS) is 18.3. The molecule has 0 saturated carbocycles. The Hall–Kier alpha value is -2.79. The first-order valence-corrected chi connectivity index (χ1v) is 10.5. The molecule has 30 heavy (non-hydrogen) atoms. The second-order valence-electron chi connectivity index (χ2n) is 7.59. The molecule has 0 aliphatic carbocycles. The summed E-state index contributed by atoms with van der Waals surface area (Å²) in [5.41, 5.74) is 1.24. The molecule has 1 saturated heterocycles. The highest BCUT2D eigenvalue weighted by atomic mass is 35.5. The molecule has 0 spiro atoms. The average Bonchev–Trinajstić information content (AvgIpc) is 2.96. The van der Waals surface area contributed by atoms with E-state index in [-0.39, 0.29) is 17.4 Å². The van der Waals surface area contributed by atoms with Gasteiger partial charge in [0.1, 0.15) is 11.5 Å².